The van der Waals surface area contributed by atoms with Crippen molar-refractivity contribution in [1.82, 2.24) is 10.2 Å². The van der Waals surface area contributed by atoms with Crippen molar-refractivity contribution in [2.45, 2.75) is 65.8 Å². The maximum Gasteiger partial charge on any atom is 0.00719 e. The average Bonchev–Trinajstić information content (AvgIpc) is 2.30. The number of nitrogens with zero attached hydrogens (tertiary/aromatic N) is 1. The van der Waals surface area contributed by atoms with Gasteiger partial charge in [0, 0.05) is 6.04 Å². The molecule has 1 saturated heterocycles. The predicted molar refractivity (Wildman–Crippen MR) is 85.5 cm³/mol. The van der Waals surface area contributed by atoms with Gasteiger partial charge in [-0.25, -0.2) is 0 Å². The summed E-state index contributed by atoms with van der Waals surface area (Å²) in [6.07, 6.45) is 6.83. The Morgan fingerprint density at radius 3 is 2.00 bits per heavy atom. The largest absolute Gasteiger partial charge is 0.314 e. The molecule has 0 unspecified atom stereocenters. The van der Waals surface area contributed by atoms with Crippen molar-refractivity contribution in [3.8, 4) is 0 Å². The summed E-state index contributed by atoms with van der Waals surface area (Å²) in [4.78, 5) is 2.46. The van der Waals surface area contributed by atoms with E-state index >= 15 is 0 Å². The highest BCUT2D eigenvalue weighted by molar-refractivity contribution is 4.74. The summed E-state index contributed by atoms with van der Waals surface area (Å²) in [6, 6.07) is 0.728. The molecule has 0 aromatic heterocycles. The van der Waals surface area contributed by atoms with Crippen LogP contribution < -0.4 is 5.32 Å². The number of hydrogen-bond acceptors (Lipinski definition) is 2. The van der Waals surface area contributed by atoms with Gasteiger partial charge < -0.3 is 10.2 Å². The summed E-state index contributed by atoms with van der Waals surface area (Å²) in [5.74, 6) is 2.57. The second-order valence-electron chi connectivity index (χ2n) is 7.45. The minimum atomic E-state index is 0.728. The first-order valence-electron chi connectivity index (χ1n) is 8.39. The van der Waals surface area contributed by atoms with Crippen molar-refractivity contribution < 1.29 is 0 Å². The number of likely N-dealkylation sites (tertiary alicyclic amines) is 1. The highest BCUT2D eigenvalue weighted by Gasteiger charge is 2.17. The van der Waals surface area contributed by atoms with Gasteiger partial charge in [0.25, 0.3) is 0 Å². The van der Waals surface area contributed by atoms with Crippen LogP contribution in [0.15, 0.2) is 0 Å². The zero-order valence-corrected chi connectivity index (χ0v) is 13.9. The fourth-order valence-corrected chi connectivity index (χ4v) is 3.24. The summed E-state index contributed by atoms with van der Waals surface area (Å²) in [6.45, 7) is 13.2. The molecular formula is C17H36N2. The minimum absolute atomic E-state index is 0.728. The van der Waals surface area contributed by atoms with Crippen molar-refractivity contribution in [2.24, 2.45) is 17.8 Å². The molecule has 0 amide bonds. The van der Waals surface area contributed by atoms with Crippen LogP contribution in [0, 0.1) is 17.8 Å². The molecule has 2 nitrogen and oxygen atoms in total. The zero-order chi connectivity index (χ0) is 14.3. The molecule has 0 aromatic carbocycles. The summed E-state index contributed by atoms with van der Waals surface area (Å²) in [5, 5.41) is 3.83. The van der Waals surface area contributed by atoms with E-state index in [1.165, 1.54) is 51.7 Å². The molecule has 0 radical (unpaired) electrons. The molecule has 0 saturated carbocycles. The van der Waals surface area contributed by atoms with Crippen LogP contribution in [0.2, 0.25) is 0 Å². The quantitative estimate of drug-likeness (QED) is 0.721. The Hall–Kier alpha value is -0.0800. The third-order valence-corrected chi connectivity index (χ3v) is 4.34. The molecule has 0 aliphatic carbocycles. The molecule has 0 aromatic rings. The topological polar surface area (TPSA) is 15.3 Å². The third-order valence-electron chi connectivity index (χ3n) is 4.34. The number of nitrogens with one attached hydrogen (secondary N) is 1. The normalized spacial score (nSPS) is 18.9. The fourth-order valence-electron chi connectivity index (χ4n) is 3.24. The molecule has 0 spiro atoms. The highest BCUT2D eigenvalue weighted by Crippen LogP contribution is 2.19. The lowest BCUT2D eigenvalue weighted by Gasteiger charge is -2.30. The fraction of sp³-hybridized carbons (Fsp3) is 1.00. The van der Waals surface area contributed by atoms with E-state index in [4.69, 9.17) is 0 Å². The number of hydrogen-bond donors (Lipinski definition) is 1. The minimum Gasteiger partial charge on any atom is -0.314 e. The van der Waals surface area contributed by atoms with Gasteiger partial charge in [-0.3, -0.25) is 0 Å². The monoisotopic (exact) mass is 268 g/mol. The number of piperidine rings is 1. The van der Waals surface area contributed by atoms with Gasteiger partial charge in [-0.15, -0.1) is 0 Å². The van der Waals surface area contributed by atoms with Gasteiger partial charge in [0.1, 0.15) is 0 Å². The molecule has 1 heterocycles. The van der Waals surface area contributed by atoms with Crippen LogP contribution in [-0.4, -0.2) is 37.6 Å². The van der Waals surface area contributed by atoms with Gasteiger partial charge in [0.05, 0.1) is 0 Å². The van der Waals surface area contributed by atoms with Crippen LogP contribution in [0.1, 0.15) is 59.8 Å². The van der Waals surface area contributed by atoms with Crippen molar-refractivity contribution >= 4 is 0 Å². The van der Waals surface area contributed by atoms with E-state index in [2.05, 4.69) is 45.0 Å². The maximum atomic E-state index is 3.83. The van der Waals surface area contributed by atoms with Crippen molar-refractivity contribution in [3.05, 3.63) is 0 Å². The Labute approximate surface area is 121 Å². The Bertz CT molecular complexity index is 207. The van der Waals surface area contributed by atoms with E-state index in [9.17, 15) is 0 Å². The van der Waals surface area contributed by atoms with Crippen molar-refractivity contribution in [3.63, 3.8) is 0 Å². The van der Waals surface area contributed by atoms with E-state index in [0.29, 0.717) is 0 Å². The highest BCUT2D eigenvalue weighted by atomic mass is 15.1. The summed E-state index contributed by atoms with van der Waals surface area (Å²) in [7, 11) is 2.25. The van der Waals surface area contributed by atoms with E-state index < -0.39 is 0 Å². The van der Waals surface area contributed by atoms with E-state index in [1.54, 1.807) is 0 Å². The van der Waals surface area contributed by atoms with Gasteiger partial charge in [-0.1, -0.05) is 27.7 Å². The molecule has 1 rings (SSSR count). The van der Waals surface area contributed by atoms with Crippen LogP contribution in [0.5, 0.6) is 0 Å². The molecule has 1 aliphatic rings. The molecule has 1 aliphatic heterocycles. The van der Waals surface area contributed by atoms with Crippen LogP contribution in [-0.2, 0) is 0 Å². The van der Waals surface area contributed by atoms with Gasteiger partial charge in [0.15, 0.2) is 0 Å². The molecular weight excluding hydrogens is 232 g/mol. The Morgan fingerprint density at radius 2 is 1.53 bits per heavy atom. The second-order valence-corrected chi connectivity index (χ2v) is 7.45. The van der Waals surface area contributed by atoms with Gasteiger partial charge >= 0.3 is 0 Å². The van der Waals surface area contributed by atoms with E-state index in [-0.39, 0.29) is 0 Å². The SMILES string of the molecule is CC(C)CC(CC(C)C)NCCC1CCN(C)CC1. The zero-order valence-electron chi connectivity index (χ0n) is 13.9. The lowest BCUT2D eigenvalue weighted by Crippen LogP contribution is -2.35. The first-order chi connectivity index (χ1) is 8.97. The maximum absolute atomic E-state index is 3.83. The molecule has 0 atom stereocenters. The first kappa shape index (κ1) is 17.0. The second kappa shape index (κ2) is 8.97. The molecule has 1 N–H and O–H groups in total. The van der Waals surface area contributed by atoms with Crippen molar-refractivity contribution in [1.29, 1.82) is 0 Å². The molecule has 0 bridgehead atoms. The summed E-state index contributed by atoms with van der Waals surface area (Å²) in [5.41, 5.74) is 0. The third kappa shape index (κ3) is 7.94. The standard InChI is InChI=1S/C17H36N2/c1-14(2)12-17(13-15(3)4)18-9-6-16-7-10-19(5)11-8-16/h14-18H,6-13H2,1-5H3. The number of rotatable bonds is 8. The Morgan fingerprint density at radius 1 is 1.00 bits per heavy atom. The van der Waals surface area contributed by atoms with Gasteiger partial charge in [-0.05, 0) is 76.5 Å². The lowest BCUT2D eigenvalue weighted by atomic mass is 9.92. The molecule has 1 fully saturated rings. The first-order valence-corrected chi connectivity index (χ1v) is 8.39. The van der Waals surface area contributed by atoms with Crippen molar-refractivity contribution in [2.75, 3.05) is 26.7 Å². The van der Waals surface area contributed by atoms with E-state index in [1.807, 2.05) is 0 Å². The Balaban J connectivity index is 2.19. The van der Waals surface area contributed by atoms with Crippen LogP contribution in [0.4, 0.5) is 0 Å². The summed E-state index contributed by atoms with van der Waals surface area (Å²) < 4.78 is 0. The van der Waals surface area contributed by atoms with Crippen LogP contribution in [0.25, 0.3) is 0 Å². The van der Waals surface area contributed by atoms with Gasteiger partial charge in [-0.2, -0.15) is 0 Å². The molecule has 114 valence electrons. The predicted octanol–water partition coefficient (Wildman–Crippen LogP) is 3.77. The van der Waals surface area contributed by atoms with Crippen LogP contribution >= 0.6 is 0 Å². The average molecular weight is 268 g/mol. The van der Waals surface area contributed by atoms with E-state index in [0.717, 1.165) is 23.8 Å². The van der Waals surface area contributed by atoms with Crippen LogP contribution in [0.3, 0.4) is 0 Å². The lowest BCUT2D eigenvalue weighted by molar-refractivity contribution is 0.209. The Kier molecular flexibility index (Phi) is 8.01. The molecule has 2 heteroatoms. The molecule has 19 heavy (non-hydrogen) atoms. The van der Waals surface area contributed by atoms with Gasteiger partial charge in [0.2, 0.25) is 0 Å². The smallest absolute Gasteiger partial charge is 0.00719 e. The summed E-state index contributed by atoms with van der Waals surface area (Å²) >= 11 is 0.